The Morgan fingerprint density at radius 3 is 2.17 bits per heavy atom. The van der Waals surface area contributed by atoms with Crippen LogP contribution < -0.4 is 5.32 Å². The molecule has 0 bridgehead atoms. The van der Waals surface area contributed by atoms with Crippen LogP contribution in [0.3, 0.4) is 0 Å². The molecule has 0 aliphatic rings. The van der Waals surface area contributed by atoms with Crippen molar-refractivity contribution >= 4 is 11.9 Å². The maximum absolute atomic E-state index is 12.5. The average Bonchev–Trinajstić information content (AvgIpc) is 2.62. The van der Waals surface area contributed by atoms with Crippen molar-refractivity contribution in [2.75, 3.05) is 13.2 Å². The van der Waals surface area contributed by atoms with Crippen LogP contribution >= 0.6 is 0 Å². The Morgan fingerprint density at radius 2 is 1.62 bits per heavy atom. The molecule has 2 aromatic rings. The highest BCUT2D eigenvalue weighted by molar-refractivity contribution is 5.98. The van der Waals surface area contributed by atoms with E-state index in [9.17, 15) is 14.7 Å². The lowest BCUT2D eigenvalue weighted by atomic mass is 9.91. The highest BCUT2D eigenvalue weighted by Crippen LogP contribution is 2.17. The zero-order chi connectivity index (χ0) is 17.4. The van der Waals surface area contributed by atoms with Crippen molar-refractivity contribution in [3.05, 3.63) is 71.8 Å². The van der Waals surface area contributed by atoms with E-state index >= 15 is 0 Å². The van der Waals surface area contributed by atoms with Gasteiger partial charge in [-0.25, -0.2) is 4.79 Å². The van der Waals surface area contributed by atoms with Gasteiger partial charge < -0.3 is 15.2 Å². The van der Waals surface area contributed by atoms with Crippen molar-refractivity contribution in [2.45, 2.75) is 18.9 Å². The third kappa shape index (κ3) is 4.20. The fourth-order valence-electron chi connectivity index (χ4n) is 2.42. The molecule has 2 N–H and O–H groups in total. The van der Waals surface area contributed by atoms with Crippen LogP contribution in [-0.4, -0.2) is 35.7 Å². The smallest absolute Gasteiger partial charge is 0.334 e. The molecule has 0 fully saturated rings. The maximum Gasteiger partial charge on any atom is 0.334 e. The number of amides is 1. The van der Waals surface area contributed by atoms with Crippen LogP contribution in [0.5, 0.6) is 0 Å². The second-order valence-corrected chi connectivity index (χ2v) is 5.44. The van der Waals surface area contributed by atoms with Crippen molar-refractivity contribution < 1.29 is 19.4 Å². The Balaban J connectivity index is 2.30. The van der Waals surface area contributed by atoms with Crippen molar-refractivity contribution in [2.24, 2.45) is 0 Å². The standard InChI is InChI=1S/C19H21NO4/c1-2-24-18(23)19(14-21,13-15-9-5-3-6-10-15)20-17(22)16-11-7-4-8-12-16/h3-12,21H,2,13-14H2,1H3,(H,20,22)/t19-/m0/s1. The predicted molar refractivity (Wildman–Crippen MR) is 90.5 cm³/mol. The monoisotopic (exact) mass is 327 g/mol. The molecule has 0 aliphatic carbocycles. The van der Waals surface area contributed by atoms with Crippen molar-refractivity contribution in [3.63, 3.8) is 0 Å². The number of nitrogens with one attached hydrogen (secondary N) is 1. The van der Waals surface area contributed by atoms with Gasteiger partial charge in [0.2, 0.25) is 0 Å². The minimum absolute atomic E-state index is 0.141. The Hall–Kier alpha value is -2.66. The van der Waals surface area contributed by atoms with Gasteiger partial charge in [-0.1, -0.05) is 48.5 Å². The molecule has 5 nitrogen and oxygen atoms in total. The summed E-state index contributed by atoms with van der Waals surface area (Å²) >= 11 is 0. The molecule has 24 heavy (non-hydrogen) atoms. The Labute approximate surface area is 141 Å². The van der Waals surface area contributed by atoms with Crippen LogP contribution in [0.2, 0.25) is 0 Å². The molecule has 126 valence electrons. The van der Waals surface area contributed by atoms with Crippen LogP contribution in [0.1, 0.15) is 22.8 Å². The quantitative estimate of drug-likeness (QED) is 0.762. The number of aliphatic hydroxyl groups excluding tert-OH is 1. The minimum Gasteiger partial charge on any atom is -0.464 e. The minimum atomic E-state index is -1.52. The fraction of sp³-hybridized carbons (Fsp3) is 0.263. The summed E-state index contributed by atoms with van der Waals surface area (Å²) in [4.78, 5) is 25.0. The zero-order valence-electron chi connectivity index (χ0n) is 13.6. The van der Waals surface area contributed by atoms with Gasteiger partial charge in [0, 0.05) is 12.0 Å². The first-order valence-electron chi connectivity index (χ1n) is 7.81. The summed E-state index contributed by atoms with van der Waals surface area (Å²) < 4.78 is 5.09. The van der Waals surface area contributed by atoms with Gasteiger partial charge in [-0.2, -0.15) is 0 Å². The van der Waals surface area contributed by atoms with Crippen LogP contribution in [0, 0.1) is 0 Å². The number of carbonyl (C=O) groups excluding carboxylic acids is 2. The third-order valence-electron chi connectivity index (χ3n) is 3.67. The van der Waals surface area contributed by atoms with Crippen LogP contribution in [0.25, 0.3) is 0 Å². The molecular formula is C19H21NO4. The first kappa shape index (κ1) is 17.7. The molecule has 1 amide bonds. The van der Waals surface area contributed by atoms with E-state index in [2.05, 4.69) is 5.32 Å². The fourth-order valence-corrected chi connectivity index (χ4v) is 2.42. The SMILES string of the molecule is CCOC(=O)[C@@](CO)(Cc1ccccc1)NC(=O)c1ccccc1. The van der Waals surface area contributed by atoms with Crippen LogP contribution in [0.15, 0.2) is 60.7 Å². The Kier molecular flexibility index (Phi) is 6.09. The second kappa shape index (κ2) is 8.26. The molecule has 2 aromatic carbocycles. The molecule has 0 saturated heterocycles. The number of esters is 1. The summed E-state index contributed by atoms with van der Waals surface area (Å²) in [5.41, 5.74) is -0.301. The molecular weight excluding hydrogens is 306 g/mol. The van der Waals surface area contributed by atoms with Gasteiger partial charge in [0.15, 0.2) is 5.54 Å². The predicted octanol–water partition coefficient (Wildman–Crippen LogP) is 1.95. The Bertz CT molecular complexity index is 672. The van der Waals surface area contributed by atoms with E-state index in [0.717, 1.165) is 5.56 Å². The lowest BCUT2D eigenvalue weighted by Gasteiger charge is -2.30. The van der Waals surface area contributed by atoms with Gasteiger partial charge in [-0.05, 0) is 24.6 Å². The summed E-state index contributed by atoms with van der Waals surface area (Å²) in [6.45, 7) is 1.29. The summed E-state index contributed by atoms with van der Waals surface area (Å²) in [5.74, 6) is -1.09. The largest absolute Gasteiger partial charge is 0.464 e. The molecule has 0 saturated carbocycles. The zero-order valence-corrected chi connectivity index (χ0v) is 13.6. The molecule has 1 atom stereocenters. The summed E-state index contributed by atoms with van der Waals surface area (Å²) in [5, 5.41) is 12.6. The van der Waals surface area contributed by atoms with Crippen molar-refractivity contribution in [3.8, 4) is 0 Å². The normalized spacial score (nSPS) is 12.9. The van der Waals surface area contributed by atoms with Gasteiger partial charge in [-0.3, -0.25) is 4.79 Å². The lowest BCUT2D eigenvalue weighted by molar-refractivity contribution is -0.152. The second-order valence-electron chi connectivity index (χ2n) is 5.44. The van der Waals surface area contributed by atoms with Crippen LogP contribution in [-0.2, 0) is 16.0 Å². The molecule has 0 aliphatic heterocycles. The van der Waals surface area contributed by atoms with E-state index in [1.54, 1.807) is 37.3 Å². The van der Waals surface area contributed by atoms with E-state index < -0.39 is 24.0 Å². The van der Waals surface area contributed by atoms with E-state index in [4.69, 9.17) is 4.74 Å². The molecule has 0 unspecified atom stereocenters. The van der Waals surface area contributed by atoms with E-state index in [-0.39, 0.29) is 13.0 Å². The number of ether oxygens (including phenoxy) is 1. The molecule has 2 rings (SSSR count). The van der Waals surface area contributed by atoms with Crippen LogP contribution in [0.4, 0.5) is 0 Å². The van der Waals surface area contributed by atoms with Gasteiger partial charge in [0.05, 0.1) is 13.2 Å². The van der Waals surface area contributed by atoms with E-state index in [1.165, 1.54) is 0 Å². The summed E-state index contributed by atoms with van der Waals surface area (Å²) in [6, 6.07) is 17.7. The highest BCUT2D eigenvalue weighted by atomic mass is 16.5. The highest BCUT2D eigenvalue weighted by Gasteiger charge is 2.41. The summed E-state index contributed by atoms with van der Waals surface area (Å²) in [7, 11) is 0. The molecule has 0 heterocycles. The molecule has 0 radical (unpaired) electrons. The molecule has 0 spiro atoms. The number of rotatable bonds is 7. The van der Waals surface area contributed by atoms with Gasteiger partial charge in [-0.15, -0.1) is 0 Å². The maximum atomic E-state index is 12.5. The van der Waals surface area contributed by atoms with E-state index in [0.29, 0.717) is 5.56 Å². The lowest BCUT2D eigenvalue weighted by Crippen LogP contribution is -2.59. The van der Waals surface area contributed by atoms with Crippen molar-refractivity contribution in [1.82, 2.24) is 5.32 Å². The van der Waals surface area contributed by atoms with Gasteiger partial charge in [0.25, 0.3) is 5.91 Å². The van der Waals surface area contributed by atoms with Gasteiger partial charge >= 0.3 is 5.97 Å². The van der Waals surface area contributed by atoms with Crippen molar-refractivity contribution in [1.29, 1.82) is 0 Å². The average molecular weight is 327 g/mol. The number of carbonyl (C=O) groups is 2. The molecule has 0 aromatic heterocycles. The summed E-state index contributed by atoms with van der Waals surface area (Å²) in [6.07, 6.45) is 0.141. The molecule has 5 heteroatoms. The van der Waals surface area contributed by atoms with E-state index in [1.807, 2.05) is 30.3 Å². The first-order chi connectivity index (χ1) is 11.6. The van der Waals surface area contributed by atoms with Gasteiger partial charge in [0.1, 0.15) is 0 Å². The topological polar surface area (TPSA) is 75.6 Å². The number of hydrogen-bond donors (Lipinski definition) is 2. The third-order valence-corrected chi connectivity index (χ3v) is 3.67. The number of hydrogen-bond acceptors (Lipinski definition) is 4. The number of benzene rings is 2. The Morgan fingerprint density at radius 1 is 1.04 bits per heavy atom. The number of aliphatic hydroxyl groups is 1. The first-order valence-corrected chi connectivity index (χ1v) is 7.81.